The molecule has 0 radical (unpaired) electrons. The molecule has 6 nitrogen and oxygen atoms in total. The molecule has 0 atom stereocenters. The van der Waals surface area contributed by atoms with Gasteiger partial charge >= 0.3 is 0 Å². The standard InChI is InChI=1S/C13H8ClFN2O4/c14-7-1-3-9(12(5-7)17(20)21)13(19)16-11-4-2-8(18)6-10(11)15/h1-6,18H,(H,16,19). The lowest BCUT2D eigenvalue weighted by molar-refractivity contribution is -0.385. The second-order valence-electron chi connectivity index (χ2n) is 4.04. The first kappa shape index (κ1) is 14.7. The highest BCUT2D eigenvalue weighted by molar-refractivity contribution is 6.31. The lowest BCUT2D eigenvalue weighted by atomic mass is 10.1. The smallest absolute Gasteiger partial charge is 0.283 e. The fourth-order valence-electron chi connectivity index (χ4n) is 1.64. The third kappa shape index (κ3) is 3.26. The number of phenols is 1. The second-order valence-corrected chi connectivity index (χ2v) is 4.47. The number of benzene rings is 2. The van der Waals surface area contributed by atoms with Crippen LogP contribution in [0.5, 0.6) is 5.75 Å². The number of nitro groups is 1. The van der Waals surface area contributed by atoms with Gasteiger partial charge in [0.2, 0.25) is 0 Å². The van der Waals surface area contributed by atoms with Crippen molar-refractivity contribution in [1.29, 1.82) is 0 Å². The van der Waals surface area contributed by atoms with Crippen LogP contribution in [0.15, 0.2) is 36.4 Å². The number of amides is 1. The summed E-state index contributed by atoms with van der Waals surface area (Å²) in [5.41, 5.74) is -0.946. The number of hydrogen-bond donors (Lipinski definition) is 2. The summed E-state index contributed by atoms with van der Waals surface area (Å²) in [5.74, 6) is -2.02. The van der Waals surface area contributed by atoms with E-state index in [9.17, 15) is 19.3 Å². The molecule has 108 valence electrons. The van der Waals surface area contributed by atoms with Crippen molar-refractivity contribution in [2.45, 2.75) is 0 Å². The van der Waals surface area contributed by atoms with Crippen molar-refractivity contribution in [3.63, 3.8) is 0 Å². The van der Waals surface area contributed by atoms with Crippen molar-refractivity contribution < 1.29 is 19.2 Å². The van der Waals surface area contributed by atoms with Crippen LogP contribution >= 0.6 is 11.6 Å². The highest BCUT2D eigenvalue weighted by Crippen LogP contribution is 2.25. The first-order valence-corrected chi connectivity index (χ1v) is 6.00. The van der Waals surface area contributed by atoms with Crippen LogP contribution in [0.4, 0.5) is 15.8 Å². The predicted octanol–water partition coefficient (Wildman–Crippen LogP) is 3.35. The molecule has 0 aromatic heterocycles. The summed E-state index contributed by atoms with van der Waals surface area (Å²) in [6, 6.07) is 6.65. The molecule has 2 rings (SSSR count). The van der Waals surface area contributed by atoms with Crippen molar-refractivity contribution >= 4 is 28.9 Å². The monoisotopic (exact) mass is 310 g/mol. The molecule has 2 aromatic carbocycles. The Kier molecular flexibility index (Phi) is 4.04. The largest absolute Gasteiger partial charge is 0.508 e. The Morgan fingerprint density at radius 3 is 2.62 bits per heavy atom. The van der Waals surface area contributed by atoms with Gasteiger partial charge in [0.1, 0.15) is 17.1 Å². The summed E-state index contributed by atoms with van der Waals surface area (Å²) in [5, 5.41) is 22.3. The van der Waals surface area contributed by atoms with E-state index < -0.39 is 22.3 Å². The highest BCUT2D eigenvalue weighted by Gasteiger charge is 2.21. The Bertz CT molecular complexity index is 736. The first-order chi connectivity index (χ1) is 9.88. The van der Waals surface area contributed by atoms with E-state index in [0.717, 1.165) is 18.2 Å². The molecule has 0 saturated carbocycles. The van der Waals surface area contributed by atoms with Crippen LogP contribution in [0, 0.1) is 15.9 Å². The normalized spacial score (nSPS) is 10.2. The zero-order valence-corrected chi connectivity index (χ0v) is 11.1. The minimum Gasteiger partial charge on any atom is -0.508 e. The Hall–Kier alpha value is -2.67. The maximum atomic E-state index is 13.5. The molecule has 2 N–H and O–H groups in total. The molecule has 0 unspecified atom stereocenters. The van der Waals surface area contributed by atoms with Gasteiger partial charge in [-0.3, -0.25) is 14.9 Å². The molecule has 0 fully saturated rings. The summed E-state index contributed by atoms with van der Waals surface area (Å²) in [7, 11) is 0. The van der Waals surface area contributed by atoms with Gasteiger partial charge in [-0.05, 0) is 24.3 Å². The van der Waals surface area contributed by atoms with Crippen molar-refractivity contribution in [1.82, 2.24) is 0 Å². The topological polar surface area (TPSA) is 92.5 Å². The van der Waals surface area contributed by atoms with Crippen LogP contribution < -0.4 is 5.32 Å². The minimum absolute atomic E-state index is 0.106. The zero-order valence-electron chi connectivity index (χ0n) is 10.3. The number of anilines is 1. The fourth-order valence-corrected chi connectivity index (χ4v) is 1.81. The number of nitrogens with zero attached hydrogens (tertiary/aromatic N) is 1. The second kappa shape index (κ2) is 5.76. The third-order valence-electron chi connectivity index (χ3n) is 2.60. The van der Waals surface area contributed by atoms with E-state index >= 15 is 0 Å². The Labute approximate surface area is 122 Å². The van der Waals surface area contributed by atoms with Gasteiger partial charge in [-0.25, -0.2) is 4.39 Å². The van der Waals surface area contributed by atoms with Crippen LogP contribution in [-0.2, 0) is 0 Å². The molecule has 0 heterocycles. The molecule has 2 aromatic rings. The number of hydrogen-bond acceptors (Lipinski definition) is 4. The highest BCUT2D eigenvalue weighted by atomic mass is 35.5. The van der Waals surface area contributed by atoms with E-state index in [1.165, 1.54) is 18.2 Å². The minimum atomic E-state index is -0.861. The quantitative estimate of drug-likeness (QED) is 0.516. The summed E-state index contributed by atoms with van der Waals surface area (Å²) in [6.07, 6.45) is 0. The Morgan fingerprint density at radius 2 is 2.00 bits per heavy atom. The Balaban J connectivity index is 2.34. The number of aromatic hydroxyl groups is 1. The third-order valence-corrected chi connectivity index (χ3v) is 2.84. The molecule has 0 spiro atoms. The van der Waals surface area contributed by atoms with Gasteiger partial charge in [-0.2, -0.15) is 0 Å². The molecular formula is C13H8ClFN2O4. The number of carbonyl (C=O) groups is 1. The molecule has 0 aliphatic heterocycles. The van der Waals surface area contributed by atoms with E-state index in [1.807, 2.05) is 0 Å². The van der Waals surface area contributed by atoms with Crippen LogP contribution in [0.2, 0.25) is 5.02 Å². The number of nitrogens with one attached hydrogen (secondary N) is 1. The van der Waals surface area contributed by atoms with E-state index in [0.29, 0.717) is 0 Å². The lowest BCUT2D eigenvalue weighted by Crippen LogP contribution is -2.14. The zero-order chi connectivity index (χ0) is 15.6. The molecule has 21 heavy (non-hydrogen) atoms. The van der Waals surface area contributed by atoms with Crippen molar-refractivity contribution in [3.8, 4) is 5.75 Å². The summed E-state index contributed by atoms with van der Waals surface area (Å²) in [6.45, 7) is 0. The molecule has 1 amide bonds. The number of halogens is 2. The SMILES string of the molecule is O=C(Nc1ccc(O)cc1F)c1ccc(Cl)cc1[N+](=O)[O-]. The Morgan fingerprint density at radius 1 is 1.29 bits per heavy atom. The molecular weight excluding hydrogens is 303 g/mol. The van der Waals surface area contributed by atoms with E-state index in [2.05, 4.69) is 5.32 Å². The molecule has 0 aliphatic carbocycles. The van der Waals surface area contributed by atoms with Gasteiger partial charge in [0.25, 0.3) is 11.6 Å². The van der Waals surface area contributed by atoms with Crippen molar-refractivity contribution in [2.24, 2.45) is 0 Å². The number of nitro benzene ring substituents is 1. The van der Waals surface area contributed by atoms with E-state index in [1.54, 1.807) is 0 Å². The van der Waals surface area contributed by atoms with Crippen LogP contribution in [0.25, 0.3) is 0 Å². The van der Waals surface area contributed by atoms with Crippen LogP contribution in [0.1, 0.15) is 10.4 Å². The summed E-state index contributed by atoms with van der Waals surface area (Å²) < 4.78 is 13.5. The molecule has 0 saturated heterocycles. The van der Waals surface area contributed by atoms with E-state index in [-0.39, 0.29) is 22.0 Å². The van der Waals surface area contributed by atoms with Gasteiger partial charge < -0.3 is 10.4 Å². The summed E-state index contributed by atoms with van der Waals surface area (Å²) >= 11 is 5.64. The van der Waals surface area contributed by atoms with Gasteiger partial charge in [-0.1, -0.05) is 11.6 Å². The summed E-state index contributed by atoms with van der Waals surface area (Å²) in [4.78, 5) is 22.1. The maximum absolute atomic E-state index is 13.5. The van der Waals surface area contributed by atoms with Crippen molar-refractivity contribution in [3.05, 3.63) is 62.9 Å². The predicted molar refractivity (Wildman–Crippen MR) is 74.1 cm³/mol. The maximum Gasteiger partial charge on any atom is 0.283 e. The fraction of sp³-hybridized carbons (Fsp3) is 0. The average molecular weight is 311 g/mol. The van der Waals surface area contributed by atoms with Crippen LogP contribution in [-0.4, -0.2) is 15.9 Å². The molecule has 0 bridgehead atoms. The van der Waals surface area contributed by atoms with Crippen molar-refractivity contribution in [2.75, 3.05) is 5.32 Å². The average Bonchev–Trinajstić information content (AvgIpc) is 2.41. The molecule has 0 aliphatic rings. The van der Waals surface area contributed by atoms with Gasteiger partial charge in [0.05, 0.1) is 10.6 Å². The molecule has 8 heteroatoms. The van der Waals surface area contributed by atoms with Gasteiger partial charge in [0, 0.05) is 17.2 Å². The van der Waals surface area contributed by atoms with Gasteiger partial charge in [0.15, 0.2) is 0 Å². The number of carbonyl (C=O) groups excluding carboxylic acids is 1. The number of rotatable bonds is 3. The van der Waals surface area contributed by atoms with Crippen LogP contribution in [0.3, 0.4) is 0 Å². The first-order valence-electron chi connectivity index (χ1n) is 5.62. The lowest BCUT2D eigenvalue weighted by Gasteiger charge is -2.07. The van der Waals surface area contributed by atoms with Gasteiger partial charge in [-0.15, -0.1) is 0 Å². The van der Waals surface area contributed by atoms with E-state index in [4.69, 9.17) is 16.7 Å². The number of phenolic OH excluding ortho intramolecular Hbond substituents is 1.